The SMILES string of the molecule is CCN(CC)C(=O)C(C)Nc1nnc(C)s1. The Bertz CT molecular complexity index is 348. The van der Waals surface area contributed by atoms with Gasteiger partial charge in [-0.25, -0.2) is 0 Å². The first kappa shape index (κ1) is 12.9. The highest BCUT2D eigenvalue weighted by Gasteiger charge is 2.18. The van der Waals surface area contributed by atoms with Crippen LogP contribution in [0.3, 0.4) is 0 Å². The van der Waals surface area contributed by atoms with Crippen LogP contribution in [-0.4, -0.2) is 40.1 Å². The zero-order valence-corrected chi connectivity index (χ0v) is 11.0. The van der Waals surface area contributed by atoms with Gasteiger partial charge in [0.15, 0.2) is 0 Å². The fourth-order valence-corrected chi connectivity index (χ4v) is 2.09. The largest absolute Gasteiger partial charge is 0.349 e. The maximum atomic E-state index is 11.9. The molecule has 1 aromatic heterocycles. The molecule has 1 atom stereocenters. The van der Waals surface area contributed by atoms with Gasteiger partial charge in [-0.05, 0) is 27.7 Å². The Morgan fingerprint density at radius 1 is 1.44 bits per heavy atom. The third-order valence-electron chi connectivity index (χ3n) is 2.31. The molecule has 1 rings (SSSR count). The van der Waals surface area contributed by atoms with E-state index in [0.29, 0.717) is 5.13 Å². The van der Waals surface area contributed by atoms with Crippen LogP contribution >= 0.6 is 11.3 Å². The van der Waals surface area contributed by atoms with E-state index in [1.807, 2.05) is 27.7 Å². The molecule has 90 valence electrons. The summed E-state index contributed by atoms with van der Waals surface area (Å²) >= 11 is 1.46. The third kappa shape index (κ3) is 3.16. The fourth-order valence-electron chi connectivity index (χ4n) is 1.41. The van der Waals surface area contributed by atoms with Crippen molar-refractivity contribution < 1.29 is 4.79 Å². The second-order valence-electron chi connectivity index (χ2n) is 3.50. The molecule has 1 amide bonds. The van der Waals surface area contributed by atoms with Crippen LogP contribution in [-0.2, 0) is 4.79 Å². The summed E-state index contributed by atoms with van der Waals surface area (Å²) in [5.41, 5.74) is 0. The van der Waals surface area contributed by atoms with E-state index in [9.17, 15) is 4.79 Å². The Labute approximate surface area is 99.9 Å². The smallest absolute Gasteiger partial charge is 0.244 e. The van der Waals surface area contributed by atoms with E-state index in [2.05, 4.69) is 15.5 Å². The van der Waals surface area contributed by atoms with Crippen molar-refractivity contribution in [2.45, 2.75) is 33.7 Å². The lowest BCUT2D eigenvalue weighted by atomic mass is 10.3. The van der Waals surface area contributed by atoms with E-state index < -0.39 is 0 Å². The Morgan fingerprint density at radius 3 is 2.50 bits per heavy atom. The Kier molecular flexibility index (Phi) is 4.67. The molecule has 0 fully saturated rings. The summed E-state index contributed by atoms with van der Waals surface area (Å²) in [6, 6.07) is -0.257. The molecule has 0 spiro atoms. The van der Waals surface area contributed by atoms with Crippen LogP contribution in [0, 0.1) is 6.92 Å². The minimum atomic E-state index is -0.257. The quantitative estimate of drug-likeness (QED) is 0.850. The van der Waals surface area contributed by atoms with Gasteiger partial charge in [-0.2, -0.15) is 0 Å². The van der Waals surface area contributed by atoms with Gasteiger partial charge in [0.1, 0.15) is 11.0 Å². The van der Waals surface area contributed by atoms with Crippen molar-refractivity contribution in [1.82, 2.24) is 15.1 Å². The highest BCUT2D eigenvalue weighted by Crippen LogP contribution is 2.15. The van der Waals surface area contributed by atoms with Crippen LogP contribution in [0.4, 0.5) is 5.13 Å². The molecule has 5 nitrogen and oxygen atoms in total. The summed E-state index contributed by atoms with van der Waals surface area (Å²) in [6.45, 7) is 9.15. The molecule has 0 aliphatic rings. The predicted molar refractivity (Wildman–Crippen MR) is 65.7 cm³/mol. The van der Waals surface area contributed by atoms with Crippen molar-refractivity contribution in [3.63, 3.8) is 0 Å². The van der Waals surface area contributed by atoms with Crippen LogP contribution < -0.4 is 5.32 Å². The number of carbonyl (C=O) groups excluding carboxylic acids is 1. The number of aryl methyl sites for hydroxylation is 1. The molecule has 16 heavy (non-hydrogen) atoms. The summed E-state index contributed by atoms with van der Waals surface area (Å²) < 4.78 is 0. The lowest BCUT2D eigenvalue weighted by molar-refractivity contribution is -0.131. The Morgan fingerprint density at radius 2 is 2.06 bits per heavy atom. The molecule has 1 N–H and O–H groups in total. The number of rotatable bonds is 5. The first-order valence-corrected chi connectivity index (χ1v) is 6.25. The van der Waals surface area contributed by atoms with Gasteiger partial charge in [-0.15, -0.1) is 10.2 Å². The van der Waals surface area contributed by atoms with Gasteiger partial charge >= 0.3 is 0 Å². The van der Waals surface area contributed by atoms with Crippen molar-refractivity contribution in [2.24, 2.45) is 0 Å². The molecule has 1 heterocycles. The zero-order valence-electron chi connectivity index (χ0n) is 10.1. The number of anilines is 1. The number of amides is 1. The molecule has 0 aliphatic heterocycles. The molecule has 0 radical (unpaired) electrons. The lowest BCUT2D eigenvalue weighted by Crippen LogP contribution is -2.41. The van der Waals surface area contributed by atoms with E-state index >= 15 is 0 Å². The van der Waals surface area contributed by atoms with Crippen molar-refractivity contribution in [1.29, 1.82) is 0 Å². The van der Waals surface area contributed by atoms with Crippen LogP contribution in [0.2, 0.25) is 0 Å². The molecule has 6 heteroatoms. The predicted octanol–water partition coefficient (Wildman–Crippen LogP) is 1.52. The molecular formula is C10H18N4OS. The molecular weight excluding hydrogens is 224 g/mol. The molecule has 0 aromatic carbocycles. The van der Waals surface area contributed by atoms with Gasteiger partial charge < -0.3 is 10.2 Å². The van der Waals surface area contributed by atoms with Gasteiger partial charge in [0, 0.05) is 13.1 Å². The normalized spacial score (nSPS) is 12.2. The number of hydrogen-bond acceptors (Lipinski definition) is 5. The van der Waals surface area contributed by atoms with Crippen LogP contribution in [0.5, 0.6) is 0 Å². The van der Waals surface area contributed by atoms with Gasteiger partial charge in [0.25, 0.3) is 0 Å². The standard InChI is InChI=1S/C10H18N4OS/c1-5-14(6-2)9(15)7(3)11-10-13-12-8(4)16-10/h7H,5-6H2,1-4H3,(H,11,13). The van der Waals surface area contributed by atoms with Crippen LogP contribution in [0.1, 0.15) is 25.8 Å². The number of likely N-dealkylation sites (N-methyl/N-ethyl adjacent to an activating group) is 1. The van der Waals surface area contributed by atoms with E-state index in [1.54, 1.807) is 4.90 Å². The molecule has 0 saturated carbocycles. The average molecular weight is 242 g/mol. The molecule has 1 aromatic rings. The van der Waals surface area contributed by atoms with Gasteiger partial charge in [0.05, 0.1) is 0 Å². The number of aromatic nitrogens is 2. The monoisotopic (exact) mass is 242 g/mol. The molecule has 1 unspecified atom stereocenters. The number of nitrogens with zero attached hydrogens (tertiary/aromatic N) is 3. The van der Waals surface area contributed by atoms with E-state index in [1.165, 1.54) is 11.3 Å². The van der Waals surface area contributed by atoms with Crippen molar-refractivity contribution in [3.8, 4) is 0 Å². The summed E-state index contributed by atoms with van der Waals surface area (Å²) in [5, 5.41) is 12.5. The van der Waals surface area contributed by atoms with Crippen molar-refractivity contribution in [3.05, 3.63) is 5.01 Å². The number of nitrogens with one attached hydrogen (secondary N) is 1. The van der Waals surface area contributed by atoms with Crippen LogP contribution in [0.15, 0.2) is 0 Å². The maximum absolute atomic E-state index is 11.9. The Hall–Kier alpha value is -1.17. The first-order chi connectivity index (χ1) is 7.58. The topological polar surface area (TPSA) is 58.1 Å². The second kappa shape index (κ2) is 5.79. The maximum Gasteiger partial charge on any atom is 0.244 e. The molecule has 0 saturated heterocycles. The van der Waals surface area contributed by atoms with Crippen LogP contribution in [0.25, 0.3) is 0 Å². The van der Waals surface area contributed by atoms with E-state index in [0.717, 1.165) is 18.1 Å². The highest BCUT2D eigenvalue weighted by molar-refractivity contribution is 7.15. The van der Waals surface area contributed by atoms with E-state index in [-0.39, 0.29) is 11.9 Å². The molecule has 0 aliphatic carbocycles. The van der Waals surface area contributed by atoms with Gasteiger partial charge in [0.2, 0.25) is 11.0 Å². The number of hydrogen-bond donors (Lipinski definition) is 1. The van der Waals surface area contributed by atoms with E-state index in [4.69, 9.17) is 0 Å². The minimum absolute atomic E-state index is 0.0952. The van der Waals surface area contributed by atoms with Gasteiger partial charge in [-0.3, -0.25) is 4.79 Å². The summed E-state index contributed by atoms with van der Waals surface area (Å²) in [7, 11) is 0. The third-order valence-corrected chi connectivity index (χ3v) is 3.08. The highest BCUT2D eigenvalue weighted by atomic mass is 32.1. The summed E-state index contributed by atoms with van der Waals surface area (Å²) in [6.07, 6.45) is 0. The molecule has 0 bridgehead atoms. The number of carbonyl (C=O) groups is 1. The Balaban J connectivity index is 2.57. The zero-order chi connectivity index (χ0) is 12.1. The minimum Gasteiger partial charge on any atom is -0.349 e. The first-order valence-electron chi connectivity index (χ1n) is 5.43. The lowest BCUT2D eigenvalue weighted by Gasteiger charge is -2.22. The summed E-state index contributed by atoms with van der Waals surface area (Å²) in [5.74, 6) is 0.0952. The summed E-state index contributed by atoms with van der Waals surface area (Å²) in [4.78, 5) is 13.7. The fraction of sp³-hybridized carbons (Fsp3) is 0.700. The second-order valence-corrected chi connectivity index (χ2v) is 4.68. The van der Waals surface area contributed by atoms with Gasteiger partial charge in [-0.1, -0.05) is 11.3 Å². The van der Waals surface area contributed by atoms with Crippen molar-refractivity contribution in [2.75, 3.05) is 18.4 Å². The average Bonchev–Trinajstić information content (AvgIpc) is 2.65. The van der Waals surface area contributed by atoms with Crippen molar-refractivity contribution >= 4 is 22.4 Å².